The Bertz CT molecular complexity index is 7870. The molecule has 0 N–H and O–H groups in total. The molecule has 119 heavy (non-hydrogen) atoms. The van der Waals surface area contributed by atoms with E-state index in [1.165, 1.54) is 81.4 Å². The minimum atomic E-state index is -0.704. The van der Waals surface area contributed by atoms with Gasteiger partial charge in [-0.1, -0.05) is 329 Å². The molecule has 5 nitrogen and oxygen atoms in total. The van der Waals surface area contributed by atoms with Gasteiger partial charge in [0.1, 0.15) is 27.9 Å². The molecule has 4 heterocycles. The highest BCUT2D eigenvalue weighted by molar-refractivity contribution is 7.27. The van der Waals surface area contributed by atoms with Gasteiger partial charge in [0.25, 0.3) is 0 Å². The number of anilines is 6. The molecule has 2 aliphatic carbocycles. The molecule has 18 aromatic carbocycles. The van der Waals surface area contributed by atoms with Crippen LogP contribution in [0, 0.1) is 6.92 Å². The van der Waals surface area contributed by atoms with Crippen molar-refractivity contribution in [3.05, 3.63) is 433 Å². The second-order valence-corrected chi connectivity index (χ2v) is 33.5. The molecule has 1 atom stereocenters. The Balaban J connectivity index is 0.588. The summed E-state index contributed by atoms with van der Waals surface area (Å²) in [6, 6.07) is 144. The van der Waals surface area contributed by atoms with E-state index in [1.54, 1.807) is 0 Å². The van der Waals surface area contributed by atoms with Crippen molar-refractivity contribution in [3.8, 4) is 77.9 Å². The van der Waals surface area contributed by atoms with Crippen molar-refractivity contribution in [3.63, 3.8) is 0 Å². The number of hydrogen-bond acceptors (Lipinski definition) is 6. The normalized spacial score (nSPS) is 13.9. The van der Waals surface area contributed by atoms with E-state index in [1.807, 2.05) is 23.5 Å². The van der Waals surface area contributed by atoms with Gasteiger partial charge in [0.2, 0.25) is 0 Å². The molecule has 560 valence electrons. The summed E-state index contributed by atoms with van der Waals surface area (Å²) in [5.41, 5.74) is 35.4. The minimum absolute atomic E-state index is 0.0923. The van der Waals surface area contributed by atoms with Gasteiger partial charge in [0.15, 0.2) is 5.58 Å². The van der Waals surface area contributed by atoms with E-state index >= 15 is 0 Å². The number of furan rings is 3. The zero-order valence-electron chi connectivity index (χ0n) is 65.6. The lowest BCUT2D eigenvalue weighted by Gasteiger charge is -2.34. The summed E-state index contributed by atoms with van der Waals surface area (Å²) in [5.74, 6) is 0. The molecule has 24 rings (SSSR count). The molecule has 4 aromatic heterocycles. The van der Waals surface area contributed by atoms with Crippen molar-refractivity contribution in [2.75, 3.05) is 9.80 Å². The second kappa shape index (κ2) is 26.6. The maximum absolute atomic E-state index is 7.68. The maximum atomic E-state index is 7.68. The highest BCUT2D eigenvalue weighted by Gasteiger charge is 2.48. The lowest BCUT2D eigenvalue weighted by atomic mass is 9.67. The van der Waals surface area contributed by atoms with Crippen molar-refractivity contribution in [1.82, 2.24) is 0 Å². The van der Waals surface area contributed by atoms with E-state index in [0.29, 0.717) is 0 Å². The fourth-order valence-electron chi connectivity index (χ4n) is 20.1. The van der Waals surface area contributed by atoms with Gasteiger partial charge in [-0.15, -0.1) is 11.3 Å². The summed E-state index contributed by atoms with van der Waals surface area (Å²) < 4.78 is 23.9. The Morgan fingerprint density at radius 1 is 0.244 bits per heavy atom. The fraction of sp³-hybridized carbons (Fsp3) is 0.0442. The molecule has 0 saturated heterocycles. The topological polar surface area (TPSA) is 45.9 Å². The average molecular weight is 1540 g/mol. The van der Waals surface area contributed by atoms with E-state index in [-0.39, 0.29) is 5.41 Å². The quantitative estimate of drug-likeness (QED) is 0.115. The smallest absolute Gasteiger partial charge is 0.159 e. The van der Waals surface area contributed by atoms with Gasteiger partial charge in [0.05, 0.1) is 21.5 Å². The molecule has 0 fully saturated rings. The largest absolute Gasteiger partial charge is 0.455 e. The predicted molar refractivity (Wildman–Crippen MR) is 497 cm³/mol. The van der Waals surface area contributed by atoms with Crippen LogP contribution in [0.15, 0.2) is 408 Å². The Hall–Kier alpha value is -14.8. The van der Waals surface area contributed by atoms with Crippen LogP contribution in [0.5, 0.6) is 0 Å². The summed E-state index contributed by atoms with van der Waals surface area (Å²) in [6.07, 6.45) is 0. The summed E-state index contributed by atoms with van der Waals surface area (Å²) in [5, 5.41) is 9.03. The second-order valence-electron chi connectivity index (χ2n) is 32.5. The highest BCUT2D eigenvalue weighted by Crippen LogP contribution is 2.61. The van der Waals surface area contributed by atoms with Crippen molar-refractivity contribution >= 4 is 131 Å². The van der Waals surface area contributed by atoms with Crippen LogP contribution in [0.1, 0.15) is 52.8 Å². The van der Waals surface area contributed by atoms with Crippen LogP contribution in [0.4, 0.5) is 34.1 Å². The zero-order chi connectivity index (χ0) is 78.8. The lowest BCUT2D eigenvalue weighted by molar-refractivity contribution is 0.661. The van der Waals surface area contributed by atoms with E-state index in [4.69, 9.17) is 13.3 Å². The summed E-state index contributed by atoms with van der Waals surface area (Å²) in [6.45, 7) is 6.96. The van der Waals surface area contributed by atoms with Crippen molar-refractivity contribution in [2.45, 2.75) is 31.6 Å². The minimum Gasteiger partial charge on any atom is -0.455 e. The number of rotatable bonds is 13. The first-order valence-corrected chi connectivity index (χ1v) is 41.8. The molecule has 0 bridgehead atoms. The Morgan fingerprint density at radius 2 is 0.689 bits per heavy atom. The van der Waals surface area contributed by atoms with Crippen LogP contribution in [0.3, 0.4) is 0 Å². The first kappa shape index (κ1) is 68.6. The van der Waals surface area contributed by atoms with E-state index in [0.717, 1.165) is 156 Å². The number of nitrogens with zero attached hydrogens (tertiary/aromatic N) is 2. The number of thiophene rings is 1. The van der Waals surface area contributed by atoms with Gasteiger partial charge in [-0.2, -0.15) is 0 Å². The molecule has 0 saturated carbocycles. The Morgan fingerprint density at radius 3 is 1.37 bits per heavy atom. The molecule has 0 amide bonds. The van der Waals surface area contributed by atoms with Crippen LogP contribution in [-0.4, -0.2) is 0 Å². The van der Waals surface area contributed by atoms with E-state index in [2.05, 4.69) is 413 Å². The Kier molecular flexibility index (Phi) is 15.3. The monoisotopic (exact) mass is 1540 g/mol. The number of benzene rings is 18. The summed E-state index contributed by atoms with van der Waals surface area (Å²) in [4.78, 5) is 4.83. The first-order valence-electron chi connectivity index (χ1n) is 41.0. The third-order valence-corrected chi connectivity index (χ3v) is 27.0. The zero-order valence-corrected chi connectivity index (χ0v) is 66.4. The van der Waals surface area contributed by atoms with E-state index in [9.17, 15) is 0 Å². The van der Waals surface area contributed by atoms with Gasteiger partial charge in [-0.05, 0) is 180 Å². The molecule has 0 radical (unpaired) electrons. The molecule has 0 aliphatic heterocycles. The number of fused-ring (bicyclic) bond motifs is 20. The number of hydrogen-bond donors (Lipinski definition) is 0. The molecule has 2 aliphatic rings. The summed E-state index contributed by atoms with van der Waals surface area (Å²) in [7, 11) is 0. The molecule has 1 unspecified atom stereocenters. The molecule has 6 heteroatoms. The third-order valence-electron chi connectivity index (χ3n) is 25.7. The molecule has 22 aromatic rings. The van der Waals surface area contributed by atoms with Crippen LogP contribution in [-0.2, 0) is 10.8 Å². The van der Waals surface area contributed by atoms with Gasteiger partial charge in [0, 0.05) is 98.2 Å². The van der Waals surface area contributed by atoms with Gasteiger partial charge in [-0.25, -0.2) is 0 Å². The van der Waals surface area contributed by atoms with Crippen molar-refractivity contribution < 1.29 is 13.3 Å². The predicted octanol–water partition coefficient (Wildman–Crippen LogP) is 32.0. The van der Waals surface area contributed by atoms with Crippen LogP contribution in [0.2, 0.25) is 0 Å². The van der Waals surface area contributed by atoms with Crippen LogP contribution < -0.4 is 9.80 Å². The lowest BCUT2D eigenvalue weighted by Crippen LogP contribution is -2.28. The van der Waals surface area contributed by atoms with Gasteiger partial charge < -0.3 is 23.1 Å². The molecular formula is C113H74N2O3S. The number of para-hydroxylation sites is 4. The maximum Gasteiger partial charge on any atom is 0.159 e. The van der Waals surface area contributed by atoms with Gasteiger partial charge in [-0.3, -0.25) is 0 Å². The van der Waals surface area contributed by atoms with Crippen LogP contribution >= 0.6 is 11.3 Å². The molecule has 0 spiro atoms. The average Bonchev–Trinajstić information content (AvgIpc) is 1.57. The first-order chi connectivity index (χ1) is 58.7. The van der Waals surface area contributed by atoms with Crippen molar-refractivity contribution in [1.29, 1.82) is 0 Å². The third kappa shape index (κ3) is 10.4. The van der Waals surface area contributed by atoms with Crippen molar-refractivity contribution in [2.24, 2.45) is 0 Å². The number of aryl methyl sites for hydroxylation is 1. The SMILES string of the molecule is Cc1cc(-c2ccccc2)ccc1N(c1ccc(-c2cccc3c2oc2ccccc23)cc1)c1cccc2c1oc1c3c(ccc12)C(c1ccccc1)(c1ccc(-c2ccc4oc5c(-c6ccc(N(c7ccc(-c8ccccc8)cc7)c7cccc8c7sc7c9c(ccc78)C(C)(C)c7ccccc7-9)cc6)cccc5c4c2)cc1)c1ccccc1-3. The standard InChI is InChI=1S/C113H74N2O3S/c1-69-67-76(71-25-9-5-10-26-71)51-65-99(69)115(82-59-49-75(50-60-82)83-32-19-34-86-85-29-15-18-42-102(85)116-106(83)86)100-40-21-36-87-89-61-64-98-104(109(89)118-108(87)100)93-31-14-17-39-96(93)113(98,78-27-11-6-12-28-78)79-53-43-73(44-54-79)77-52-66-103-94(68-77)88-35-20-33-84(107(88)117-103)74-47-57-81(58-48-74)114(80-55-45-72(46-56-80)70-23-7-4-8-24-70)101-41-22-37-90-91-62-63-97-105(111(91)119-110(90)101)92-30-13-16-38-95(92)112(97,2)3/h4-68H,1-3H3. The Labute approximate surface area is 692 Å². The molecular weight excluding hydrogens is 1470 g/mol. The fourth-order valence-corrected chi connectivity index (χ4v) is 21.5. The van der Waals surface area contributed by atoms with Gasteiger partial charge >= 0.3 is 0 Å². The highest BCUT2D eigenvalue weighted by atomic mass is 32.1. The summed E-state index contributed by atoms with van der Waals surface area (Å²) >= 11 is 1.92. The van der Waals surface area contributed by atoms with E-state index < -0.39 is 5.41 Å². The van der Waals surface area contributed by atoms with Crippen LogP contribution in [0.25, 0.3) is 164 Å².